The zero-order valence-electron chi connectivity index (χ0n) is 7.20. The molecule has 64 valence electrons. The summed E-state index contributed by atoms with van der Waals surface area (Å²) in [6.45, 7) is 1.74. The van der Waals surface area contributed by atoms with Crippen molar-refractivity contribution in [3.05, 3.63) is 28.8 Å². The lowest BCUT2D eigenvalue weighted by atomic mass is 10.0. The molecule has 0 radical (unpaired) electrons. The van der Waals surface area contributed by atoms with Crippen LogP contribution in [0, 0.1) is 29.6 Å². The van der Waals surface area contributed by atoms with Crippen LogP contribution in [0.25, 0.3) is 0 Å². The van der Waals surface area contributed by atoms with Gasteiger partial charge in [0, 0.05) is 5.56 Å². The second-order valence-corrected chi connectivity index (χ2v) is 2.71. The number of phenols is 1. The Bertz CT molecular complexity index is 410. The van der Waals surface area contributed by atoms with Crippen molar-refractivity contribution in [2.24, 2.45) is 0 Å². The number of hydrogen-bond donors (Lipinski definition) is 1. The van der Waals surface area contributed by atoms with Crippen molar-refractivity contribution < 1.29 is 5.11 Å². The van der Waals surface area contributed by atoms with Gasteiger partial charge in [-0.15, -0.1) is 0 Å². The lowest BCUT2D eigenvalue weighted by Gasteiger charge is -2.04. The first kappa shape index (κ1) is 9.09. The predicted molar refractivity (Wildman–Crippen MR) is 46.9 cm³/mol. The van der Waals surface area contributed by atoms with Crippen molar-refractivity contribution in [3.8, 4) is 17.9 Å². The average Bonchev–Trinajstić information content (AvgIpc) is 2.11. The van der Waals surface area contributed by atoms with E-state index >= 15 is 0 Å². The highest BCUT2D eigenvalue weighted by Crippen LogP contribution is 2.24. The summed E-state index contributed by atoms with van der Waals surface area (Å²) in [4.78, 5) is 0. The first-order valence-corrected chi connectivity index (χ1v) is 3.79. The molecule has 0 aliphatic rings. The predicted octanol–water partition coefficient (Wildman–Crippen LogP) is 1.64. The molecule has 1 aromatic rings. The first-order valence-electron chi connectivity index (χ1n) is 3.79. The highest BCUT2D eigenvalue weighted by Gasteiger charge is 2.08. The molecule has 0 bridgehead atoms. The van der Waals surface area contributed by atoms with E-state index in [1.807, 2.05) is 12.1 Å². The van der Waals surface area contributed by atoms with Crippen molar-refractivity contribution in [1.82, 2.24) is 0 Å². The van der Waals surface area contributed by atoms with Crippen LogP contribution >= 0.6 is 0 Å². The number of rotatable bonds is 1. The van der Waals surface area contributed by atoms with Crippen LogP contribution in [0.3, 0.4) is 0 Å². The van der Waals surface area contributed by atoms with Crippen LogP contribution < -0.4 is 0 Å². The van der Waals surface area contributed by atoms with E-state index in [1.54, 1.807) is 19.1 Å². The lowest BCUT2D eigenvalue weighted by Crippen LogP contribution is -1.89. The molecule has 0 aliphatic carbocycles. The van der Waals surface area contributed by atoms with Gasteiger partial charge in [0.2, 0.25) is 0 Å². The molecule has 0 unspecified atom stereocenters. The van der Waals surface area contributed by atoms with Crippen molar-refractivity contribution in [2.45, 2.75) is 13.3 Å². The maximum absolute atomic E-state index is 9.53. The topological polar surface area (TPSA) is 67.8 Å². The van der Waals surface area contributed by atoms with E-state index in [0.29, 0.717) is 5.56 Å². The Morgan fingerprint density at radius 2 is 2.08 bits per heavy atom. The average molecular weight is 172 g/mol. The Hall–Kier alpha value is -2.00. The fourth-order valence-corrected chi connectivity index (χ4v) is 1.10. The third-order valence-corrected chi connectivity index (χ3v) is 1.85. The Kier molecular flexibility index (Phi) is 2.52. The van der Waals surface area contributed by atoms with Crippen molar-refractivity contribution in [2.75, 3.05) is 0 Å². The van der Waals surface area contributed by atoms with Gasteiger partial charge in [-0.1, -0.05) is 12.1 Å². The molecular weight excluding hydrogens is 164 g/mol. The minimum Gasteiger partial charge on any atom is -0.506 e. The summed E-state index contributed by atoms with van der Waals surface area (Å²) in [5, 5.41) is 26.7. The number of hydrogen-bond acceptors (Lipinski definition) is 3. The van der Waals surface area contributed by atoms with Crippen molar-refractivity contribution in [3.63, 3.8) is 0 Å². The van der Waals surface area contributed by atoms with Crippen LogP contribution in [0.2, 0.25) is 0 Å². The third kappa shape index (κ3) is 1.60. The summed E-state index contributed by atoms with van der Waals surface area (Å²) in [5.41, 5.74) is 1.49. The maximum Gasteiger partial charge on any atom is 0.137 e. The van der Waals surface area contributed by atoms with E-state index in [2.05, 4.69) is 0 Å². The van der Waals surface area contributed by atoms with Crippen LogP contribution in [-0.2, 0) is 6.42 Å². The molecule has 0 aliphatic heterocycles. The van der Waals surface area contributed by atoms with Gasteiger partial charge in [-0.05, 0) is 12.5 Å². The van der Waals surface area contributed by atoms with E-state index < -0.39 is 0 Å². The largest absolute Gasteiger partial charge is 0.506 e. The van der Waals surface area contributed by atoms with Gasteiger partial charge in [0.15, 0.2) is 0 Å². The van der Waals surface area contributed by atoms with Crippen LogP contribution in [-0.4, -0.2) is 5.11 Å². The molecule has 0 amide bonds. The van der Waals surface area contributed by atoms with Crippen molar-refractivity contribution >= 4 is 0 Å². The van der Waals surface area contributed by atoms with E-state index in [0.717, 1.165) is 5.56 Å². The Morgan fingerprint density at radius 1 is 1.38 bits per heavy atom. The van der Waals surface area contributed by atoms with Crippen LogP contribution in [0.4, 0.5) is 0 Å². The van der Waals surface area contributed by atoms with E-state index in [9.17, 15) is 5.11 Å². The van der Waals surface area contributed by atoms with Gasteiger partial charge in [0.05, 0.1) is 18.1 Å². The molecule has 0 heterocycles. The van der Waals surface area contributed by atoms with E-state index in [-0.39, 0.29) is 17.7 Å². The Balaban J connectivity index is 3.31. The fraction of sp³-hybridized carbons (Fsp3) is 0.200. The van der Waals surface area contributed by atoms with Crippen LogP contribution in [0.15, 0.2) is 12.1 Å². The van der Waals surface area contributed by atoms with Gasteiger partial charge in [-0.2, -0.15) is 10.5 Å². The first-order chi connectivity index (χ1) is 6.20. The van der Waals surface area contributed by atoms with Gasteiger partial charge < -0.3 is 5.11 Å². The second-order valence-electron chi connectivity index (χ2n) is 2.71. The number of aromatic hydroxyl groups is 1. The molecule has 0 fully saturated rings. The molecule has 0 spiro atoms. The summed E-state index contributed by atoms with van der Waals surface area (Å²) >= 11 is 0. The molecule has 0 saturated carbocycles. The molecule has 1 N–H and O–H groups in total. The minimum atomic E-state index is -0.0657. The molecule has 1 aromatic carbocycles. The van der Waals surface area contributed by atoms with E-state index in [1.165, 1.54) is 0 Å². The normalized spacial score (nSPS) is 8.85. The fourth-order valence-electron chi connectivity index (χ4n) is 1.10. The Labute approximate surface area is 76.5 Å². The lowest BCUT2D eigenvalue weighted by molar-refractivity contribution is 0.467. The molecule has 13 heavy (non-hydrogen) atoms. The standard InChI is InChI=1S/C10H8N2O/c1-7-2-3-8(4-5-11)10(13)9(7)6-12/h2-3,13H,4H2,1H3. The molecule has 0 atom stereocenters. The summed E-state index contributed by atoms with van der Waals surface area (Å²) < 4.78 is 0. The number of nitriles is 2. The monoisotopic (exact) mass is 172 g/mol. The highest BCUT2D eigenvalue weighted by molar-refractivity contribution is 5.52. The molecule has 3 heteroatoms. The van der Waals surface area contributed by atoms with Gasteiger partial charge in [-0.3, -0.25) is 0 Å². The number of phenolic OH excluding ortho intramolecular Hbond substituents is 1. The molecule has 3 nitrogen and oxygen atoms in total. The second kappa shape index (κ2) is 3.60. The molecular formula is C10H8N2O. The third-order valence-electron chi connectivity index (χ3n) is 1.85. The summed E-state index contributed by atoms with van der Waals surface area (Å²) in [7, 11) is 0. The summed E-state index contributed by atoms with van der Waals surface area (Å²) in [6, 6.07) is 7.22. The van der Waals surface area contributed by atoms with Gasteiger partial charge >= 0.3 is 0 Å². The number of nitrogens with zero attached hydrogens (tertiary/aromatic N) is 2. The summed E-state index contributed by atoms with van der Waals surface area (Å²) in [5.74, 6) is -0.0657. The van der Waals surface area contributed by atoms with Crippen LogP contribution in [0.1, 0.15) is 16.7 Å². The maximum atomic E-state index is 9.53. The SMILES string of the molecule is Cc1ccc(CC#N)c(O)c1C#N. The Morgan fingerprint density at radius 3 is 2.62 bits per heavy atom. The van der Waals surface area contributed by atoms with Gasteiger partial charge in [-0.25, -0.2) is 0 Å². The molecule has 0 aromatic heterocycles. The zero-order chi connectivity index (χ0) is 9.84. The summed E-state index contributed by atoms with van der Waals surface area (Å²) in [6.07, 6.45) is 0.126. The number of benzene rings is 1. The molecule has 0 saturated heterocycles. The molecule has 1 rings (SSSR count). The van der Waals surface area contributed by atoms with Crippen molar-refractivity contribution in [1.29, 1.82) is 10.5 Å². The smallest absolute Gasteiger partial charge is 0.137 e. The van der Waals surface area contributed by atoms with Gasteiger partial charge in [0.25, 0.3) is 0 Å². The van der Waals surface area contributed by atoms with Crippen LogP contribution in [0.5, 0.6) is 5.75 Å². The zero-order valence-corrected chi connectivity index (χ0v) is 7.20. The highest BCUT2D eigenvalue weighted by atomic mass is 16.3. The quantitative estimate of drug-likeness (QED) is 0.700. The minimum absolute atomic E-state index is 0.0657. The van der Waals surface area contributed by atoms with E-state index in [4.69, 9.17) is 10.5 Å². The number of aryl methyl sites for hydroxylation is 1. The van der Waals surface area contributed by atoms with Gasteiger partial charge in [0.1, 0.15) is 11.8 Å².